The predicted octanol–water partition coefficient (Wildman–Crippen LogP) is 2.40. The highest BCUT2D eigenvalue weighted by molar-refractivity contribution is 5.07. The van der Waals surface area contributed by atoms with Crippen molar-refractivity contribution in [2.75, 3.05) is 13.7 Å². The Morgan fingerprint density at radius 1 is 1.31 bits per heavy atom. The maximum absolute atomic E-state index is 5.22. The van der Waals surface area contributed by atoms with E-state index in [-0.39, 0.29) is 6.04 Å². The number of nitrogens with one attached hydrogen (secondary N) is 1. The highest BCUT2D eigenvalue weighted by Gasteiger charge is 2.16. The molecule has 1 rings (SSSR count). The average Bonchev–Trinajstić information content (AvgIpc) is 2.29. The van der Waals surface area contributed by atoms with Gasteiger partial charge in [0.15, 0.2) is 0 Å². The number of methoxy groups -OCH3 is 1. The molecule has 1 unspecified atom stereocenters. The molecule has 0 aliphatic rings. The second-order valence-electron chi connectivity index (χ2n) is 4.45. The van der Waals surface area contributed by atoms with Gasteiger partial charge in [-0.15, -0.1) is 0 Å². The summed E-state index contributed by atoms with van der Waals surface area (Å²) in [6.45, 7) is 7.26. The molecule has 0 saturated heterocycles. The van der Waals surface area contributed by atoms with Crippen LogP contribution in [0.5, 0.6) is 0 Å². The molecule has 1 heterocycles. The van der Waals surface area contributed by atoms with Gasteiger partial charge in [0.2, 0.25) is 0 Å². The Kier molecular flexibility index (Phi) is 5.43. The highest BCUT2D eigenvalue weighted by Crippen LogP contribution is 2.12. The van der Waals surface area contributed by atoms with E-state index in [1.54, 1.807) is 7.11 Å². The lowest BCUT2D eigenvalue weighted by atomic mass is 10.0. The lowest BCUT2D eigenvalue weighted by Crippen LogP contribution is -2.39. The van der Waals surface area contributed by atoms with Crippen molar-refractivity contribution >= 4 is 0 Å². The van der Waals surface area contributed by atoms with E-state index in [1.807, 2.05) is 24.4 Å². The third kappa shape index (κ3) is 3.91. The summed E-state index contributed by atoms with van der Waals surface area (Å²) in [4.78, 5) is 4.35. The van der Waals surface area contributed by atoms with E-state index < -0.39 is 0 Å². The normalized spacial score (nSPS) is 15.1. The van der Waals surface area contributed by atoms with Crippen molar-refractivity contribution in [1.29, 1.82) is 0 Å². The molecule has 90 valence electrons. The summed E-state index contributed by atoms with van der Waals surface area (Å²) in [5.41, 5.74) is 1.07. The topological polar surface area (TPSA) is 34.1 Å². The Bertz CT molecular complexity index is 287. The van der Waals surface area contributed by atoms with Gasteiger partial charge < -0.3 is 10.1 Å². The Hall–Kier alpha value is -0.930. The number of aromatic nitrogens is 1. The van der Waals surface area contributed by atoms with Crippen LogP contribution in [-0.4, -0.2) is 24.7 Å². The number of rotatable bonds is 6. The summed E-state index contributed by atoms with van der Waals surface area (Å²) in [6.07, 6.45) is 1.83. The van der Waals surface area contributed by atoms with Gasteiger partial charge >= 0.3 is 0 Å². The molecule has 0 aromatic carbocycles. The number of ether oxygens (including phenoxy) is 1. The summed E-state index contributed by atoms with van der Waals surface area (Å²) in [5, 5.41) is 3.55. The number of pyridine rings is 1. The molecule has 1 aromatic rings. The van der Waals surface area contributed by atoms with Crippen LogP contribution in [0.2, 0.25) is 0 Å². The van der Waals surface area contributed by atoms with Crippen molar-refractivity contribution in [3.63, 3.8) is 0 Å². The zero-order valence-corrected chi connectivity index (χ0v) is 10.6. The Balaban J connectivity index is 2.58. The third-order valence-corrected chi connectivity index (χ3v) is 2.75. The molecule has 3 heteroatoms. The molecule has 0 fully saturated rings. The number of nitrogens with zero attached hydrogens (tertiary/aromatic N) is 1. The van der Waals surface area contributed by atoms with Gasteiger partial charge in [-0.2, -0.15) is 0 Å². The van der Waals surface area contributed by atoms with E-state index in [4.69, 9.17) is 4.74 Å². The molecule has 0 radical (unpaired) electrons. The van der Waals surface area contributed by atoms with Crippen molar-refractivity contribution in [1.82, 2.24) is 10.3 Å². The highest BCUT2D eigenvalue weighted by atomic mass is 16.5. The van der Waals surface area contributed by atoms with Gasteiger partial charge in [-0.1, -0.05) is 19.9 Å². The zero-order valence-electron chi connectivity index (χ0n) is 10.6. The third-order valence-electron chi connectivity index (χ3n) is 2.75. The summed E-state index contributed by atoms with van der Waals surface area (Å²) in [6, 6.07) is 6.61. The summed E-state index contributed by atoms with van der Waals surface area (Å²) >= 11 is 0. The van der Waals surface area contributed by atoms with Crippen LogP contribution in [0.25, 0.3) is 0 Å². The van der Waals surface area contributed by atoms with Gasteiger partial charge in [0.25, 0.3) is 0 Å². The van der Waals surface area contributed by atoms with E-state index in [0.29, 0.717) is 12.0 Å². The molecule has 0 aliphatic carbocycles. The van der Waals surface area contributed by atoms with E-state index in [1.165, 1.54) is 0 Å². The van der Waals surface area contributed by atoms with Crippen LogP contribution in [0.15, 0.2) is 24.4 Å². The van der Waals surface area contributed by atoms with Crippen LogP contribution in [0, 0.1) is 5.92 Å². The standard InChI is InChI=1S/C13H22N2O/c1-10(2)13(9-16-4)15-11(3)12-7-5-6-8-14-12/h5-8,10-11,13,15H,9H2,1-4H3/t11-,13?/m1/s1. The second-order valence-corrected chi connectivity index (χ2v) is 4.45. The minimum absolute atomic E-state index is 0.253. The monoisotopic (exact) mass is 222 g/mol. The van der Waals surface area contributed by atoms with Crippen molar-refractivity contribution in [2.45, 2.75) is 32.9 Å². The first-order valence-electron chi connectivity index (χ1n) is 5.81. The first kappa shape index (κ1) is 13.1. The fourth-order valence-electron chi connectivity index (χ4n) is 1.65. The molecular formula is C13H22N2O. The first-order chi connectivity index (χ1) is 7.65. The summed E-state index contributed by atoms with van der Waals surface area (Å²) in [5.74, 6) is 0.547. The number of hydrogen-bond acceptors (Lipinski definition) is 3. The maximum Gasteiger partial charge on any atom is 0.0618 e. The molecular weight excluding hydrogens is 200 g/mol. The van der Waals surface area contributed by atoms with Crippen molar-refractivity contribution in [2.24, 2.45) is 5.92 Å². The minimum Gasteiger partial charge on any atom is -0.383 e. The Morgan fingerprint density at radius 3 is 2.56 bits per heavy atom. The molecule has 16 heavy (non-hydrogen) atoms. The van der Waals surface area contributed by atoms with Crippen LogP contribution < -0.4 is 5.32 Å². The van der Waals surface area contributed by atoms with Crippen LogP contribution in [0.1, 0.15) is 32.5 Å². The molecule has 0 amide bonds. The van der Waals surface area contributed by atoms with Gasteiger partial charge in [-0.3, -0.25) is 4.98 Å². The van der Waals surface area contributed by atoms with E-state index in [2.05, 4.69) is 31.1 Å². The van der Waals surface area contributed by atoms with Gasteiger partial charge in [-0.05, 0) is 25.0 Å². The lowest BCUT2D eigenvalue weighted by Gasteiger charge is -2.25. The SMILES string of the molecule is COCC(N[C@H](C)c1ccccn1)C(C)C. The van der Waals surface area contributed by atoms with Crippen LogP contribution in [0.3, 0.4) is 0 Å². The van der Waals surface area contributed by atoms with Crippen molar-refractivity contribution in [3.05, 3.63) is 30.1 Å². The van der Waals surface area contributed by atoms with Crippen LogP contribution >= 0.6 is 0 Å². The quantitative estimate of drug-likeness (QED) is 0.802. The Labute approximate surface area is 98.2 Å². The molecule has 1 aromatic heterocycles. The lowest BCUT2D eigenvalue weighted by molar-refractivity contribution is 0.141. The van der Waals surface area contributed by atoms with Gasteiger partial charge in [0.1, 0.15) is 0 Å². The average molecular weight is 222 g/mol. The van der Waals surface area contributed by atoms with Gasteiger partial charge in [0.05, 0.1) is 12.3 Å². The molecule has 0 saturated carbocycles. The fraction of sp³-hybridized carbons (Fsp3) is 0.615. The minimum atomic E-state index is 0.253. The molecule has 1 N–H and O–H groups in total. The predicted molar refractivity (Wildman–Crippen MR) is 66.3 cm³/mol. The second kappa shape index (κ2) is 6.61. The van der Waals surface area contributed by atoms with Gasteiger partial charge in [0, 0.05) is 25.4 Å². The molecule has 2 atom stereocenters. The Morgan fingerprint density at radius 2 is 2.06 bits per heavy atom. The van der Waals surface area contributed by atoms with E-state index >= 15 is 0 Å². The molecule has 3 nitrogen and oxygen atoms in total. The van der Waals surface area contributed by atoms with Crippen LogP contribution in [-0.2, 0) is 4.74 Å². The van der Waals surface area contributed by atoms with Crippen molar-refractivity contribution < 1.29 is 4.74 Å². The van der Waals surface area contributed by atoms with Gasteiger partial charge in [-0.25, -0.2) is 0 Å². The number of hydrogen-bond donors (Lipinski definition) is 1. The zero-order chi connectivity index (χ0) is 12.0. The summed E-state index contributed by atoms with van der Waals surface area (Å²) < 4.78 is 5.22. The first-order valence-corrected chi connectivity index (χ1v) is 5.81. The molecule has 0 aliphatic heterocycles. The largest absolute Gasteiger partial charge is 0.383 e. The fourth-order valence-corrected chi connectivity index (χ4v) is 1.65. The van der Waals surface area contributed by atoms with E-state index in [0.717, 1.165) is 12.3 Å². The van der Waals surface area contributed by atoms with E-state index in [9.17, 15) is 0 Å². The van der Waals surface area contributed by atoms with Crippen molar-refractivity contribution in [3.8, 4) is 0 Å². The molecule has 0 bridgehead atoms. The summed E-state index contributed by atoms with van der Waals surface area (Å²) in [7, 11) is 1.74. The van der Waals surface area contributed by atoms with Crippen LogP contribution in [0.4, 0.5) is 0 Å². The molecule has 0 spiro atoms. The smallest absolute Gasteiger partial charge is 0.0618 e. The maximum atomic E-state index is 5.22.